The van der Waals surface area contributed by atoms with Crippen molar-refractivity contribution in [2.75, 3.05) is 7.11 Å². The number of benzene rings is 2. The second kappa shape index (κ2) is 8.12. The highest BCUT2D eigenvalue weighted by molar-refractivity contribution is 7.89. The van der Waals surface area contributed by atoms with Gasteiger partial charge in [0.1, 0.15) is 5.76 Å². The van der Waals surface area contributed by atoms with Gasteiger partial charge in [-0.1, -0.05) is 17.7 Å². The predicted octanol–water partition coefficient (Wildman–Crippen LogP) is 4.47. The first-order valence-corrected chi connectivity index (χ1v) is 9.82. The third-order valence-corrected chi connectivity index (χ3v) is 6.00. The molecule has 0 bridgehead atoms. The number of hydrogen-bond donors (Lipinski definition) is 0. The molecule has 0 aliphatic carbocycles. The van der Waals surface area contributed by atoms with E-state index in [2.05, 4.69) is 0 Å². The topological polar surface area (TPSA) is 59.8 Å². The van der Waals surface area contributed by atoms with Crippen molar-refractivity contribution in [3.63, 3.8) is 0 Å². The van der Waals surface area contributed by atoms with Gasteiger partial charge in [0.25, 0.3) is 0 Å². The molecule has 1 heterocycles. The molecule has 0 spiro atoms. The molecule has 0 amide bonds. The molecule has 3 rings (SSSR count). The SMILES string of the molecule is COc1ccc(CN(Cc2ccco2)S(=O)(=O)c2ccc(Cl)cc2)cc1F. The second-order valence-corrected chi connectivity index (χ2v) is 8.15. The lowest BCUT2D eigenvalue weighted by Gasteiger charge is -2.21. The van der Waals surface area contributed by atoms with Crippen LogP contribution < -0.4 is 4.74 Å². The molecule has 8 heteroatoms. The van der Waals surface area contributed by atoms with Crippen LogP contribution in [0.2, 0.25) is 5.02 Å². The molecule has 0 fully saturated rings. The van der Waals surface area contributed by atoms with Gasteiger partial charge in [-0.3, -0.25) is 0 Å². The first kappa shape index (κ1) is 19.4. The fourth-order valence-electron chi connectivity index (χ4n) is 2.57. The number of methoxy groups -OCH3 is 1. The molecule has 0 unspecified atom stereocenters. The Morgan fingerprint density at radius 2 is 1.85 bits per heavy atom. The number of halogens is 2. The minimum Gasteiger partial charge on any atom is -0.494 e. The fraction of sp³-hybridized carbons (Fsp3) is 0.158. The number of furan rings is 1. The molecule has 142 valence electrons. The normalized spacial score (nSPS) is 11.7. The maximum Gasteiger partial charge on any atom is 0.243 e. The van der Waals surface area contributed by atoms with Crippen LogP contribution in [-0.2, 0) is 23.1 Å². The Hall–Kier alpha value is -2.35. The number of hydrogen-bond acceptors (Lipinski definition) is 4. The molecule has 5 nitrogen and oxygen atoms in total. The molecule has 3 aromatic rings. The van der Waals surface area contributed by atoms with E-state index in [0.29, 0.717) is 16.3 Å². The molecule has 0 saturated carbocycles. The Labute approximate surface area is 162 Å². The zero-order valence-electron chi connectivity index (χ0n) is 14.4. The van der Waals surface area contributed by atoms with Crippen LogP contribution in [0.4, 0.5) is 4.39 Å². The largest absolute Gasteiger partial charge is 0.494 e. The first-order chi connectivity index (χ1) is 12.9. The van der Waals surface area contributed by atoms with E-state index in [1.165, 1.54) is 54.1 Å². The predicted molar refractivity (Wildman–Crippen MR) is 99.5 cm³/mol. The molecule has 27 heavy (non-hydrogen) atoms. The first-order valence-electron chi connectivity index (χ1n) is 8.00. The summed E-state index contributed by atoms with van der Waals surface area (Å²) in [5.74, 6) is 0.00950. The third kappa shape index (κ3) is 4.50. The number of sulfonamides is 1. The van der Waals surface area contributed by atoms with Crippen LogP contribution in [0.15, 0.2) is 70.2 Å². The summed E-state index contributed by atoms with van der Waals surface area (Å²) in [5.41, 5.74) is 0.484. The minimum absolute atomic E-state index is 0.00556. The molecule has 0 N–H and O–H groups in total. The van der Waals surface area contributed by atoms with Crippen LogP contribution in [0.3, 0.4) is 0 Å². The zero-order chi connectivity index (χ0) is 19.4. The highest BCUT2D eigenvalue weighted by Gasteiger charge is 2.26. The summed E-state index contributed by atoms with van der Waals surface area (Å²) >= 11 is 5.86. The molecule has 0 saturated heterocycles. The van der Waals surface area contributed by atoms with Gasteiger partial charge in [-0.2, -0.15) is 4.31 Å². The molecule has 2 aromatic carbocycles. The van der Waals surface area contributed by atoms with Gasteiger partial charge in [0.05, 0.1) is 24.8 Å². The van der Waals surface area contributed by atoms with E-state index in [9.17, 15) is 12.8 Å². The Kier molecular flexibility index (Phi) is 5.84. The van der Waals surface area contributed by atoms with E-state index in [1.54, 1.807) is 18.2 Å². The Bertz CT molecular complexity index is 1000. The zero-order valence-corrected chi connectivity index (χ0v) is 16.0. The van der Waals surface area contributed by atoms with E-state index in [4.69, 9.17) is 20.8 Å². The summed E-state index contributed by atoms with van der Waals surface area (Å²) in [6, 6.07) is 13.6. The van der Waals surface area contributed by atoms with Crippen LogP contribution in [-0.4, -0.2) is 19.8 Å². The van der Waals surface area contributed by atoms with Crippen molar-refractivity contribution in [1.82, 2.24) is 4.31 Å². The maximum absolute atomic E-state index is 14.0. The highest BCUT2D eigenvalue weighted by atomic mass is 35.5. The lowest BCUT2D eigenvalue weighted by Crippen LogP contribution is -2.30. The Balaban J connectivity index is 1.95. The van der Waals surface area contributed by atoms with Crippen molar-refractivity contribution in [2.45, 2.75) is 18.0 Å². The van der Waals surface area contributed by atoms with Crippen LogP contribution in [0.25, 0.3) is 0 Å². The van der Waals surface area contributed by atoms with Crippen molar-refractivity contribution in [3.05, 3.63) is 83.0 Å². The molecule has 0 radical (unpaired) electrons. The number of ether oxygens (including phenoxy) is 1. The maximum atomic E-state index is 14.0. The van der Waals surface area contributed by atoms with E-state index in [0.717, 1.165) is 0 Å². The average Bonchev–Trinajstić information content (AvgIpc) is 3.15. The Morgan fingerprint density at radius 1 is 1.11 bits per heavy atom. The van der Waals surface area contributed by atoms with Gasteiger partial charge in [-0.25, -0.2) is 12.8 Å². The summed E-state index contributed by atoms with van der Waals surface area (Å²) in [5, 5.41) is 0.434. The van der Waals surface area contributed by atoms with Gasteiger partial charge in [0.2, 0.25) is 10.0 Å². The standard InChI is InChI=1S/C19H17ClFNO4S/c1-25-19-9-4-14(11-18(19)21)12-22(13-16-3-2-10-26-16)27(23,24)17-7-5-15(20)6-8-17/h2-11H,12-13H2,1H3. The van der Waals surface area contributed by atoms with Gasteiger partial charge in [-0.05, 0) is 54.1 Å². The summed E-state index contributed by atoms with van der Waals surface area (Å²) in [4.78, 5) is 0.0902. The van der Waals surface area contributed by atoms with Crippen LogP contribution in [0.5, 0.6) is 5.75 Å². The fourth-order valence-corrected chi connectivity index (χ4v) is 4.09. The summed E-state index contributed by atoms with van der Waals surface area (Å²) in [6.45, 7) is -0.0296. The van der Waals surface area contributed by atoms with E-state index in [1.807, 2.05) is 0 Å². The van der Waals surface area contributed by atoms with Gasteiger partial charge in [0, 0.05) is 11.6 Å². The van der Waals surface area contributed by atoms with Crippen LogP contribution in [0.1, 0.15) is 11.3 Å². The van der Waals surface area contributed by atoms with Crippen molar-refractivity contribution in [3.8, 4) is 5.75 Å². The summed E-state index contributed by atoms with van der Waals surface area (Å²) in [7, 11) is -2.49. The molecule has 0 aliphatic rings. The van der Waals surface area contributed by atoms with Gasteiger partial charge >= 0.3 is 0 Å². The van der Waals surface area contributed by atoms with Crippen molar-refractivity contribution < 1.29 is 22.0 Å². The van der Waals surface area contributed by atoms with Gasteiger partial charge < -0.3 is 9.15 Å². The number of nitrogens with zero attached hydrogens (tertiary/aromatic N) is 1. The number of rotatable bonds is 7. The molecule has 0 atom stereocenters. The molecular weight excluding hydrogens is 393 g/mol. The lowest BCUT2D eigenvalue weighted by atomic mass is 10.2. The van der Waals surface area contributed by atoms with E-state index < -0.39 is 15.8 Å². The monoisotopic (exact) mass is 409 g/mol. The summed E-state index contributed by atoms with van der Waals surface area (Å²) in [6.07, 6.45) is 1.47. The third-order valence-electron chi connectivity index (χ3n) is 3.94. The second-order valence-electron chi connectivity index (χ2n) is 5.78. The van der Waals surface area contributed by atoms with E-state index in [-0.39, 0.29) is 23.7 Å². The minimum atomic E-state index is -3.86. The quantitative estimate of drug-likeness (QED) is 0.577. The van der Waals surface area contributed by atoms with Gasteiger partial charge in [0.15, 0.2) is 11.6 Å². The lowest BCUT2D eigenvalue weighted by molar-refractivity contribution is 0.356. The van der Waals surface area contributed by atoms with Crippen LogP contribution in [0, 0.1) is 5.82 Å². The van der Waals surface area contributed by atoms with Crippen molar-refractivity contribution in [1.29, 1.82) is 0 Å². The molecular formula is C19H17ClFNO4S. The smallest absolute Gasteiger partial charge is 0.243 e. The Morgan fingerprint density at radius 3 is 2.44 bits per heavy atom. The molecule has 1 aromatic heterocycles. The highest BCUT2D eigenvalue weighted by Crippen LogP contribution is 2.25. The average molecular weight is 410 g/mol. The molecule has 0 aliphatic heterocycles. The van der Waals surface area contributed by atoms with Gasteiger partial charge in [-0.15, -0.1) is 0 Å². The van der Waals surface area contributed by atoms with Crippen LogP contribution >= 0.6 is 11.6 Å². The summed E-state index contributed by atoms with van der Waals surface area (Å²) < 4.78 is 51.6. The van der Waals surface area contributed by atoms with Crippen molar-refractivity contribution in [2.24, 2.45) is 0 Å². The van der Waals surface area contributed by atoms with Crippen molar-refractivity contribution >= 4 is 21.6 Å². The van der Waals surface area contributed by atoms with E-state index >= 15 is 0 Å².